The van der Waals surface area contributed by atoms with Crippen molar-refractivity contribution in [3.8, 4) is 0 Å². The van der Waals surface area contributed by atoms with E-state index < -0.39 is 36.3 Å². The molecule has 0 aromatic carbocycles. The van der Waals surface area contributed by atoms with E-state index in [0.29, 0.717) is 0 Å². The minimum absolute atomic E-state index is 0.0289. The second-order valence-electron chi connectivity index (χ2n) is 4.58. The van der Waals surface area contributed by atoms with Crippen molar-refractivity contribution in [3.63, 3.8) is 0 Å². The lowest BCUT2D eigenvalue weighted by Crippen LogP contribution is -2.54. The summed E-state index contributed by atoms with van der Waals surface area (Å²) < 4.78 is 0. The number of nitrogens with zero attached hydrogens (tertiary/aromatic N) is 1. The van der Waals surface area contributed by atoms with Gasteiger partial charge in [-0.15, -0.1) is 0 Å². The second kappa shape index (κ2) is 8.78. The van der Waals surface area contributed by atoms with Gasteiger partial charge in [-0.25, -0.2) is 15.2 Å². The van der Waals surface area contributed by atoms with Crippen molar-refractivity contribution in [3.05, 3.63) is 23.9 Å². The SMILES string of the molecule is N=C(N)Nc1ccc(C(=O)NC(=O)NN[C@@H](CC(=O)O)C(N)=O)cn1. The van der Waals surface area contributed by atoms with Gasteiger partial charge in [0.2, 0.25) is 5.91 Å². The van der Waals surface area contributed by atoms with Crippen molar-refractivity contribution in [2.24, 2.45) is 11.5 Å². The minimum Gasteiger partial charge on any atom is -0.481 e. The summed E-state index contributed by atoms with van der Waals surface area (Å²) in [5.41, 5.74) is 14.2. The number of rotatable bonds is 7. The number of pyridine rings is 1. The number of carbonyl (C=O) groups excluding carboxylic acids is 3. The number of primary amides is 1. The molecule has 13 nitrogen and oxygen atoms in total. The van der Waals surface area contributed by atoms with Gasteiger partial charge in [0, 0.05) is 6.20 Å². The molecular formula is C12H16N8O5. The van der Waals surface area contributed by atoms with Crippen molar-refractivity contribution >= 4 is 35.6 Å². The highest BCUT2D eigenvalue weighted by Gasteiger charge is 2.20. The number of imide groups is 1. The summed E-state index contributed by atoms with van der Waals surface area (Å²) in [5.74, 6) is -3.21. The van der Waals surface area contributed by atoms with E-state index in [-0.39, 0.29) is 17.3 Å². The van der Waals surface area contributed by atoms with Crippen molar-refractivity contribution in [2.45, 2.75) is 12.5 Å². The van der Waals surface area contributed by atoms with E-state index in [1.54, 1.807) is 0 Å². The molecule has 0 bridgehead atoms. The fourth-order valence-corrected chi connectivity index (χ4v) is 1.50. The maximum Gasteiger partial charge on any atom is 0.336 e. The summed E-state index contributed by atoms with van der Waals surface area (Å²) >= 11 is 0. The summed E-state index contributed by atoms with van der Waals surface area (Å²) in [6, 6.07) is 0.303. The Hall–Kier alpha value is -3.74. The third-order valence-electron chi connectivity index (χ3n) is 2.60. The molecule has 13 heteroatoms. The lowest BCUT2D eigenvalue weighted by Gasteiger charge is -2.14. The van der Waals surface area contributed by atoms with Crippen molar-refractivity contribution in [1.29, 1.82) is 5.41 Å². The summed E-state index contributed by atoms with van der Waals surface area (Å²) in [4.78, 5) is 48.8. The van der Waals surface area contributed by atoms with E-state index in [4.69, 9.17) is 22.0 Å². The van der Waals surface area contributed by atoms with Crippen LogP contribution in [-0.2, 0) is 9.59 Å². The number of amides is 4. The quantitative estimate of drug-likeness (QED) is 0.149. The number of hydrogen-bond acceptors (Lipinski definition) is 7. The number of carboxylic acids is 1. The number of guanidine groups is 1. The largest absolute Gasteiger partial charge is 0.481 e. The first-order chi connectivity index (χ1) is 11.7. The van der Waals surface area contributed by atoms with Crippen LogP contribution in [0.25, 0.3) is 0 Å². The smallest absolute Gasteiger partial charge is 0.336 e. The molecule has 10 N–H and O–H groups in total. The Bertz CT molecular complexity index is 689. The second-order valence-corrected chi connectivity index (χ2v) is 4.58. The number of aromatic nitrogens is 1. The summed E-state index contributed by atoms with van der Waals surface area (Å²) in [6.07, 6.45) is 0.482. The van der Waals surface area contributed by atoms with Gasteiger partial charge in [-0.05, 0) is 12.1 Å². The third-order valence-corrected chi connectivity index (χ3v) is 2.60. The Labute approximate surface area is 140 Å². The number of hydrazine groups is 1. The number of carbonyl (C=O) groups is 4. The molecular weight excluding hydrogens is 336 g/mol. The lowest BCUT2D eigenvalue weighted by molar-refractivity contribution is -0.139. The number of carboxylic acid groups (broad SMARTS) is 1. The highest BCUT2D eigenvalue weighted by Crippen LogP contribution is 2.04. The Balaban J connectivity index is 2.55. The number of hydrogen-bond donors (Lipinski definition) is 8. The van der Waals surface area contributed by atoms with Gasteiger partial charge in [0.15, 0.2) is 5.96 Å². The normalized spacial score (nSPS) is 11.0. The van der Waals surface area contributed by atoms with Crippen molar-refractivity contribution in [2.75, 3.05) is 5.32 Å². The molecule has 25 heavy (non-hydrogen) atoms. The van der Waals surface area contributed by atoms with Gasteiger partial charge in [0.25, 0.3) is 5.91 Å². The molecule has 0 spiro atoms. The highest BCUT2D eigenvalue weighted by molar-refractivity contribution is 6.04. The van der Waals surface area contributed by atoms with E-state index in [1.807, 2.05) is 10.7 Å². The van der Waals surface area contributed by atoms with Crippen LogP contribution in [0.15, 0.2) is 18.3 Å². The first-order valence-electron chi connectivity index (χ1n) is 6.64. The standard InChI is InChI=1S/C12H16N8O5/c13-9(23)6(3-8(21)22)19-20-12(25)18-10(24)5-1-2-7(16-4-5)17-11(14)15/h1-2,4,6,19H,3H2,(H2,13,23)(H,21,22)(H4,14,15,16,17)(H2,18,20,24,25)/t6-/m0/s1. The maximum atomic E-state index is 11.8. The van der Waals surface area contributed by atoms with Gasteiger partial charge in [-0.3, -0.25) is 30.5 Å². The van der Waals surface area contributed by atoms with Crippen LogP contribution in [0.5, 0.6) is 0 Å². The van der Waals surface area contributed by atoms with E-state index in [2.05, 4.69) is 15.7 Å². The molecule has 0 aliphatic carbocycles. The Morgan fingerprint density at radius 3 is 2.40 bits per heavy atom. The van der Waals surface area contributed by atoms with Crippen molar-refractivity contribution in [1.82, 2.24) is 21.2 Å². The van der Waals surface area contributed by atoms with Crippen molar-refractivity contribution < 1.29 is 24.3 Å². The lowest BCUT2D eigenvalue weighted by atomic mass is 10.2. The van der Waals surface area contributed by atoms with Gasteiger partial charge in [-0.2, -0.15) is 0 Å². The van der Waals surface area contributed by atoms with Gasteiger partial charge < -0.3 is 21.9 Å². The van der Waals surface area contributed by atoms with Crippen LogP contribution in [-0.4, -0.2) is 45.9 Å². The summed E-state index contributed by atoms with van der Waals surface area (Å²) in [5, 5.41) is 20.0. The molecule has 0 unspecified atom stereocenters. The van der Waals surface area contributed by atoms with Crippen LogP contribution in [0.1, 0.15) is 16.8 Å². The average Bonchev–Trinajstić information content (AvgIpc) is 2.50. The molecule has 1 atom stereocenters. The molecule has 1 heterocycles. The van der Waals surface area contributed by atoms with Crippen LogP contribution < -0.4 is 33.0 Å². The molecule has 0 radical (unpaired) electrons. The average molecular weight is 352 g/mol. The summed E-state index contributed by atoms with van der Waals surface area (Å²) in [7, 11) is 0. The topological polar surface area (TPSA) is 225 Å². The van der Waals surface area contributed by atoms with Crippen LogP contribution in [0.2, 0.25) is 0 Å². The maximum absolute atomic E-state index is 11.8. The van der Waals surface area contributed by atoms with Gasteiger partial charge >= 0.3 is 12.0 Å². The number of aliphatic carboxylic acids is 1. The molecule has 1 aromatic heterocycles. The Morgan fingerprint density at radius 2 is 1.92 bits per heavy atom. The highest BCUT2D eigenvalue weighted by atomic mass is 16.4. The van der Waals surface area contributed by atoms with Crippen LogP contribution in [0.4, 0.5) is 10.6 Å². The molecule has 0 aliphatic heterocycles. The van der Waals surface area contributed by atoms with Gasteiger partial charge in [-0.1, -0.05) is 0 Å². The third kappa shape index (κ3) is 6.91. The fourth-order valence-electron chi connectivity index (χ4n) is 1.50. The molecule has 0 fully saturated rings. The number of nitrogens with two attached hydrogens (primary N) is 2. The fraction of sp³-hybridized carbons (Fsp3) is 0.167. The molecule has 1 rings (SSSR count). The molecule has 0 saturated heterocycles. The summed E-state index contributed by atoms with van der Waals surface area (Å²) in [6.45, 7) is 0. The van der Waals surface area contributed by atoms with E-state index in [9.17, 15) is 19.2 Å². The monoisotopic (exact) mass is 352 g/mol. The molecule has 4 amide bonds. The first kappa shape index (κ1) is 19.3. The van der Waals surface area contributed by atoms with Crippen LogP contribution >= 0.6 is 0 Å². The van der Waals surface area contributed by atoms with Crippen LogP contribution in [0, 0.1) is 5.41 Å². The Kier molecular flexibility index (Phi) is 6.78. The zero-order chi connectivity index (χ0) is 19.0. The molecule has 0 saturated carbocycles. The number of nitrogens with one attached hydrogen (secondary N) is 5. The first-order valence-corrected chi connectivity index (χ1v) is 6.64. The Morgan fingerprint density at radius 1 is 1.24 bits per heavy atom. The molecule has 1 aromatic rings. The molecule has 0 aliphatic rings. The predicted molar refractivity (Wildman–Crippen MR) is 84.1 cm³/mol. The minimum atomic E-state index is -1.35. The zero-order valence-electron chi connectivity index (χ0n) is 12.7. The number of urea groups is 1. The van der Waals surface area contributed by atoms with Gasteiger partial charge in [0.1, 0.15) is 11.9 Å². The molecule has 134 valence electrons. The van der Waals surface area contributed by atoms with Crippen LogP contribution in [0.3, 0.4) is 0 Å². The number of anilines is 1. The van der Waals surface area contributed by atoms with E-state index in [0.717, 1.165) is 6.20 Å². The van der Waals surface area contributed by atoms with Gasteiger partial charge in [0.05, 0.1) is 12.0 Å². The van der Waals surface area contributed by atoms with E-state index in [1.165, 1.54) is 12.1 Å². The van der Waals surface area contributed by atoms with E-state index >= 15 is 0 Å². The zero-order valence-corrected chi connectivity index (χ0v) is 12.7. The predicted octanol–water partition coefficient (Wildman–Crippen LogP) is -2.34.